The first kappa shape index (κ1) is 27.8. The first-order valence-electron chi connectivity index (χ1n) is 8.64. The lowest BCUT2D eigenvalue weighted by Gasteiger charge is -2.35. The molecule has 0 bridgehead atoms. The molecule has 29 heavy (non-hydrogen) atoms. The quantitative estimate of drug-likeness (QED) is 0.377. The van der Waals surface area contributed by atoms with E-state index in [4.69, 9.17) is 5.11 Å². The fraction of sp³-hybridized carbons (Fsp3) is 0.941. The summed E-state index contributed by atoms with van der Waals surface area (Å²) in [6, 6.07) is 0. The Hall–Kier alpha value is -1.20. The van der Waals surface area contributed by atoms with E-state index in [-0.39, 0.29) is 11.3 Å². The molecule has 0 aromatic heterocycles. The summed E-state index contributed by atoms with van der Waals surface area (Å²) in [7, 11) is 0. The maximum absolute atomic E-state index is 13.5. The highest BCUT2D eigenvalue weighted by atomic mass is 19.4. The van der Waals surface area contributed by atoms with Crippen molar-refractivity contribution in [1.82, 2.24) is 0 Å². The molecule has 1 N–H and O–H groups in total. The zero-order chi connectivity index (χ0) is 23.6. The van der Waals surface area contributed by atoms with E-state index in [9.17, 15) is 44.3 Å². The Morgan fingerprint density at radius 1 is 0.897 bits per heavy atom. The minimum absolute atomic E-state index is 0.247. The molecule has 0 radical (unpaired) electrons. The fourth-order valence-electron chi connectivity index (χ4n) is 2.41. The molecule has 2 atom stereocenters. The van der Waals surface area contributed by atoms with Crippen LogP contribution in [0.5, 0.6) is 0 Å². The lowest BCUT2D eigenvalue weighted by atomic mass is 9.80. The Morgan fingerprint density at radius 3 is 1.69 bits per heavy atom. The van der Waals surface area contributed by atoms with Crippen LogP contribution in [0.1, 0.15) is 47.5 Å². The number of esters is 1. The van der Waals surface area contributed by atoms with Crippen molar-refractivity contribution in [3.05, 3.63) is 0 Å². The topological polar surface area (TPSA) is 46.5 Å². The monoisotopic (exact) mass is 448 g/mol. The molecule has 0 saturated heterocycles. The highest BCUT2D eigenvalue weighted by Gasteiger charge is 2.82. The molecule has 0 fully saturated rings. The summed E-state index contributed by atoms with van der Waals surface area (Å²) in [5, 5.41) is 9.17. The standard InChI is InChI=1S/C17H25F9O3/c1-9(2)10(8-13(3,4)5)12(28)29-7-6-11(27)14(18,19)15(20,21)16(22,23)17(24,25)26/h9-11,27H,6-8H2,1-5H3. The van der Waals surface area contributed by atoms with Gasteiger partial charge in [0, 0.05) is 6.42 Å². The average Bonchev–Trinajstić information content (AvgIpc) is 2.49. The number of carbonyl (C=O) groups is 1. The minimum atomic E-state index is -7.09. The van der Waals surface area contributed by atoms with E-state index in [2.05, 4.69) is 4.74 Å². The molecule has 0 heterocycles. The second-order valence-corrected chi connectivity index (χ2v) is 8.36. The maximum Gasteiger partial charge on any atom is 0.460 e. The lowest BCUT2D eigenvalue weighted by Crippen LogP contribution is -2.64. The summed E-state index contributed by atoms with van der Waals surface area (Å²) < 4.78 is 120. The number of carbonyl (C=O) groups excluding carboxylic acids is 1. The highest BCUT2D eigenvalue weighted by Crippen LogP contribution is 2.54. The maximum atomic E-state index is 13.5. The summed E-state index contributed by atoms with van der Waals surface area (Å²) in [5.74, 6) is -22.0. The van der Waals surface area contributed by atoms with E-state index in [0.717, 1.165) is 0 Å². The van der Waals surface area contributed by atoms with Gasteiger partial charge in [-0.1, -0.05) is 34.6 Å². The normalized spacial score (nSPS) is 16.7. The van der Waals surface area contributed by atoms with E-state index in [1.807, 2.05) is 20.8 Å². The van der Waals surface area contributed by atoms with Gasteiger partial charge in [-0.15, -0.1) is 0 Å². The summed E-state index contributed by atoms with van der Waals surface area (Å²) in [5.41, 5.74) is -0.328. The Morgan fingerprint density at radius 2 is 1.34 bits per heavy atom. The Labute approximate surface area is 162 Å². The molecule has 0 aliphatic carbocycles. The molecule has 0 aliphatic rings. The number of hydrogen-bond donors (Lipinski definition) is 1. The first-order chi connectivity index (χ1) is 12.6. The number of ether oxygens (including phenoxy) is 1. The van der Waals surface area contributed by atoms with Crippen LogP contribution < -0.4 is 0 Å². The van der Waals surface area contributed by atoms with Crippen LogP contribution in [0.25, 0.3) is 0 Å². The van der Waals surface area contributed by atoms with Gasteiger partial charge in [-0.3, -0.25) is 4.79 Å². The van der Waals surface area contributed by atoms with E-state index in [0.29, 0.717) is 6.42 Å². The van der Waals surface area contributed by atoms with Crippen LogP contribution in [0.3, 0.4) is 0 Å². The van der Waals surface area contributed by atoms with Crippen molar-refractivity contribution in [2.45, 2.75) is 77.5 Å². The third-order valence-electron chi connectivity index (χ3n) is 4.16. The minimum Gasteiger partial charge on any atom is -0.465 e. The van der Waals surface area contributed by atoms with Gasteiger partial charge in [0.05, 0.1) is 12.5 Å². The Balaban J connectivity index is 5.17. The van der Waals surface area contributed by atoms with Gasteiger partial charge in [-0.05, 0) is 17.8 Å². The van der Waals surface area contributed by atoms with E-state index >= 15 is 0 Å². The predicted octanol–water partition coefficient (Wildman–Crippen LogP) is 5.46. The van der Waals surface area contributed by atoms with Crippen LogP contribution in [-0.4, -0.2) is 47.7 Å². The Bertz CT molecular complexity index is 551. The van der Waals surface area contributed by atoms with E-state index < -0.39 is 55.0 Å². The number of hydrogen-bond acceptors (Lipinski definition) is 3. The average molecular weight is 448 g/mol. The molecule has 12 heteroatoms. The zero-order valence-corrected chi connectivity index (χ0v) is 16.5. The molecule has 0 aliphatic heterocycles. The van der Waals surface area contributed by atoms with Crippen molar-refractivity contribution < 1.29 is 54.2 Å². The number of halogens is 9. The first-order valence-corrected chi connectivity index (χ1v) is 8.64. The number of alkyl halides is 9. The van der Waals surface area contributed by atoms with Gasteiger partial charge in [0.15, 0.2) is 0 Å². The molecule has 0 saturated carbocycles. The van der Waals surface area contributed by atoms with Crippen LogP contribution >= 0.6 is 0 Å². The van der Waals surface area contributed by atoms with Crippen molar-refractivity contribution in [2.24, 2.45) is 17.3 Å². The van der Waals surface area contributed by atoms with Crippen LogP contribution in [0.2, 0.25) is 0 Å². The zero-order valence-electron chi connectivity index (χ0n) is 16.5. The molecule has 0 amide bonds. The van der Waals surface area contributed by atoms with Gasteiger partial charge < -0.3 is 9.84 Å². The van der Waals surface area contributed by atoms with Gasteiger partial charge >= 0.3 is 29.9 Å². The lowest BCUT2D eigenvalue weighted by molar-refractivity contribution is -0.406. The second-order valence-electron chi connectivity index (χ2n) is 8.36. The molecular formula is C17H25F9O3. The highest BCUT2D eigenvalue weighted by molar-refractivity contribution is 5.72. The fourth-order valence-corrected chi connectivity index (χ4v) is 2.41. The van der Waals surface area contributed by atoms with E-state index in [1.54, 1.807) is 13.8 Å². The van der Waals surface area contributed by atoms with Crippen molar-refractivity contribution >= 4 is 5.97 Å². The van der Waals surface area contributed by atoms with Crippen molar-refractivity contribution in [1.29, 1.82) is 0 Å². The van der Waals surface area contributed by atoms with Crippen molar-refractivity contribution in [3.63, 3.8) is 0 Å². The van der Waals surface area contributed by atoms with E-state index in [1.165, 1.54) is 0 Å². The molecular weight excluding hydrogens is 423 g/mol. The molecule has 0 aromatic rings. The van der Waals surface area contributed by atoms with Gasteiger partial charge in [-0.25, -0.2) is 0 Å². The molecule has 0 rings (SSSR count). The molecule has 0 aromatic carbocycles. The van der Waals surface area contributed by atoms with Crippen LogP contribution in [-0.2, 0) is 9.53 Å². The Kier molecular flexibility index (Phi) is 8.52. The van der Waals surface area contributed by atoms with Crippen LogP contribution in [0.4, 0.5) is 39.5 Å². The third-order valence-corrected chi connectivity index (χ3v) is 4.16. The van der Waals surface area contributed by atoms with Gasteiger partial charge in [-0.2, -0.15) is 39.5 Å². The predicted molar refractivity (Wildman–Crippen MR) is 84.9 cm³/mol. The second kappa shape index (κ2) is 8.89. The molecule has 0 spiro atoms. The third kappa shape index (κ3) is 6.39. The number of rotatable bonds is 9. The van der Waals surface area contributed by atoms with Crippen molar-refractivity contribution in [3.8, 4) is 0 Å². The smallest absolute Gasteiger partial charge is 0.460 e. The number of aliphatic hydroxyl groups is 1. The van der Waals surface area contributed by atoms with Crippen molar-refractivity contribution in [2.75, 3.05) is 6.61 Å². The van der Waals surface area contributed by atoms with Crippen LogP contribution in [0, 0.1) is 17.3 Å². The number of aliphatic hydroxyl groups excluding tert-OH is 1. The summed E-state index contributed by atoms with van der Waals surface area (Å²) in [6.45, 7) is 7.69. The molecule has 174 valence electrons. The van der Waals surface area contributed by atoms with Gasteiger partial charge in [0.25, 0.3) is 0 Å². The van der Waals surface area contributed by atoms with Gasteiger partial charge in [0.1, 0.15) is 6.10 Å². The molecule has 2 unspecified atom stereocenters. The largest absolute Gasteiger partial charge is 0.465 e. The SMILES string of the molecule is CC(C)C(CC(C)(C)C)C(=O)OCCC(O)C(F)(F)C(F)(F)C(F)(F)C(F)(F)F. The van der Waals surface area contributed by atoms with Crippen LogP contribution in [0.15, 0.2) is 0 Å². The summed E-state index contributed by atoms with van der Waals surface area (Å²) in [6.07, 6.45) is -11.7. The summed E-state index contributed by atoms with van der Waals surface area (Å²) in [4.78, 5) is 12.1. The molecule has 3 nitrogen and oxygen atoms in total. The summed E-state index contributed by atoms with van der Waals surface area (Å²) >= 11 is 0. The van der Waals surface area contributed by atoms with Gasteiger partial charge in [0.2, 0.25) is 0 Å².